The Kier molecular flexibility index (Phi) is 3.73. The van der Waals surface area contributed by atoms with Crippen molar-refractivity contribution in [2.75, 3.05) is 5.75 Å². The van der Waals surface area contributed by atoms with Gasteiger partial charge in [-0.3, -0.25) is 14.7 Å². The molecule has 0 bridgehead atoms. The van der Waals surface area contributed by atoms with E-state index in [4.69, 9.17) is 0 Å². The Bertz CT molecular complexity index is 543. The monoisotopic (exact) mass is 295 g/mol. The van der Waals surface area contributed by atoms with E-state index >= 15 is 0 Å². The summed E-state index contributed by atoms with van der Waals surface area (Å²) in [6.45, 7) is 1.40. The van der Waals surface area contributed by atoms with Crippen molar-refractivity contribution in [3.05, 3.63) is 34.4 Å². The first-order valence-corrected chi connectivity index (χ1v) is 9.48. The summed E-state index contributed by atoms with van der Waals surface area (Å²) in [6, 6.07) is 4.41. The summed E-state index contributed by atoms with van der Waals surface area (Å²) < 4.78 is 33.7. The summed E-state index contributed by atoms with van der Waals surface area (Å²) in [5.41, 5.74) is -0.209. The van der Waals surface area contributed by atoms with Crippen LogP contribution in [0.25, 0.3) is 0 Å². The van der Waals surface area contributed by atoms with Crippen LogP contribution in [0.15, 0.2) is 29.2 Å². The summed E-state index contributed by atoms with van der Waals surface area (Å²) in [4.78, 5) is 9.69. The van der Waals surface area contributed by atoms with Crippen molar-refractivity contribution in [3.8, 4) is 0 Å². The van der Waals surface area contributed by atoms with Gasteiger partial charge in [0.1, 0.15) is 0 Å². The second kappa shape index (κ2) is 4.45. The minimum absolute atomic E-state index is 0.119. The van der Waals surface area contributed by atoms with E-state index in [0.717, 1.165) is 24.3 Å². The van der Waals surface area contributed by atoms with Gasteiger partial charge in [-0.25, -0.2) is 0 Å². The molecule has 1 unspecified atom stereocenters. The molecule has 0 amide bonds. The Hall–Kier alpha value is -0.820. The van der Waals surface area contributed by atoms with Gasteiger partial charge >= 0.3 is 6.20 Å². The molecule has 0 aliphatic heterocycles. The van der Waals surface area contributed by atoms with Crippen LogP contribution < -0.4 is 0 Å². The fourth-order valence-corrected chi connectivity index (χ4v) is 5.84. The molecule has 1 atom stereocenters. The van der Waals surface area contributed by atoms with Crippen LogP contribution in [0.5, 0.6) is 0 Å². The average molecular weight is 295 g/mol. The fourth-order valence-electron chi connectivity index (χ4n) is 1.20. The van der Waals surface area contributed by atoms with Crippen LogP contribution in [-0.2, 0) is 25.8 Å². The molecular weight excluding hydrogens is 285 g/mol. The Morgan fingerprint density at radius 2 is 1.94 bits per heavy atom. The second-order valence-electron chi connectivity index (χ2n) is 3.28. The first-order chi connectivity index (χ1) is 7.71. The minimum Gasteiger partial charge on any atom is -0.418 e. The zero-order valence-corrected chi connectivity index (χ0v) is 11.3. The summed E-state index contributed by atoms with van der Waals surface area (Å²) in [7, 11) is -4.59. The molecule has 0 fully saturated rings. The average Bonchev–Trinajstić information content (AvgIpc) is 2.29. The molecule has 1 aromatic rings. The van der Waals surface area contributed by atoms with Gasteiger partial charge in [-0.1, -0.05) is 4.57 Å². The van der Waals surface area contributed by atoms with Gasteiger partial charge in [0.15, 0.2) is 0 Å². The van der Waals surface area contributed by atoms with Gasteiger partial charge in [0.2, 0.25) is 0 Å². The molecule has 94 valence electrons. The van der Waals surface area contributed by atoms with Crippen LogP contribution in [-0.4, -0.2) is 19.4 Å². The van der Waals surface area contributed by atoms with Crippen molar-refractivity contribution in [3.63, 3.8) is 0 Å². The van der Waals surface area contributed by atoms with Gasteiger partial charge in [-0.05, 0) is 28.0 Å². The predicted molar refractivity (Wildman–Crippen MR) is 67.6 cm³/mol. The highest BCUT2D eigenvalue weighted by atomic mass is 33.1. The Labute approximate surface area is 103 Å². The molecule has 0 heterocycles. The number of rotatable bonds is 4. The topological polar surface area (TPSA) is 97.5 Å². The SMILES string of the molecule is CCS(=O)(O)(c1ccc([N+](=O)[O-])cc1)[P+](=O)[S-]. The molecular formula is C8H10NO5PS2. The summed E-state index contributed by atoms with van der Waals surface area (Å²) in [5, 5.41) is 10.4. The molecule has 1 rings (SSSR count). The smallest absolute Gasteiger partial charge is 0.335 e. The number of non-ortho nitro benzene ring substituents is 1. The highest BCUT2D eigenvalue weighted by Crippen LogP contribution is 2.52. The maximum absolute atomic E-state index is 12.3. The van der Waals surface area contributed by atoms with E-state index in [1.165, 1.54) is 6.92 Å². The zero-order chi connectivity index (χ0) is 13.3. The Balaban J connectivity index is 3.39. The van der Waals surface area contributed by atoms with Crippen LogP contribution >= 0.6 is 6.20 Å². The molecule has 17 heavy (non-hydrogen) atoms. The third kappa shape index (κ3) is 2.40. The molecule has 0 aliphatic carbocycles. The largest absolute Gasteiger partial charge is 0.418 e. The first kappa shape index (κ1) is 14.2. The van der Waals surface area contributed by atoms with Crippen LogP contribution in [0.1, 0.15) is 6.92 Å². The van der Waals surface area contributed by atoms with Gasteiger partial charge in [-0.15, -0.1) is 0 Å². The summed E-state index contributed by atoms with van der Waals surface area (Å²) >= 11 is 4.45. The molecule has 0 saturated carbocycles. The fraction of sp³-hybridized carbons (Fsp3) is 0.250. The predicted octanol–water partition coefficient (Wildman–Crippen LogP) is 2.47. The van der Waals surface area contributed by atoms with Crippen molar-refractivity contribution in [1.29, 1.82) is 0 Å². The van der Waals surface area contributed by atoms with Crippen LogP contribution in [0.4, 0.5) is 5.69 Å². The van der Waals surface area contributed by atoms with Crippen molar-refractivity contribution in [2.45, 2.75) is 11.8 Å². The van der Waals surface area contributed by atoms with Gasteiger partial charge < -0.3 is 12.2 Å². The van der Waals surface area contributed by atoms with Crippen molar-refractivity contribution < 1.29 is 18.3 Å². The number of nitrogens with zero attached hydrogens (tertiary/aromatic N) is 1. The van der Waals surface area contributed by atoms with Crippen LogP contribution in [0.2, 0.25) is 0 Å². The van der Waals surface area contributed by atoms with Gasteiger partial charge in [0.25, 0.3) is 5.69 Å². The molecule has 0 spiro atoms. The molecule has 0 radical (unpaired) electrons. The maximum Gasteiger partial charge on any atom is 0.335 e. The number of hydrogen-bond acceptors (Lipinski definition) is 5. The van der Waals surface area contributed by atoms with Gasteiger partial charge in [0.05, 0.1) is 15.6 Å². The Morgan fingerprint density at radius 3 is 2.24 bits per heavy atom. The summed E-state index contributed by atoms with van der Waals surface area (Å²) in [5.74, 6) is -0.284. The molecule has 1 N–H and O–H groups in total. The maximum atomic E-state index is 12.3. The van der Waals surface area contributed by atoms with E-state index in [1.54, 1.807) is 0 Å². The molecule has 6 nitrogen and oxygen atoms in total. The lowest BCUT2D eigenvalue weighted by Crippen LogP contribution is -2.29. The minimum atomic E-state index is -4.59. The van der Waals surface area contributed by atoms with Crippen LogP contribution in [0.3, 0.4) is 0 Å². The first-order valence-electron chi connectivity index (χ1n) is 4.51. The lowest BCUT2D eigenvalue weighted by atomic mass is 10.3. The van der Waals surface area contributed by atoms with Gasteiger partial charge in [0, 0.05) is 12.1 Å². The molecule has 9 heteroatoms. The number of benzene rings is 1. The van der Waals surface area contributed by atoms with E-state index in [0.29, 0.717) is 0 Å². The summed E-state index contributed by atoms with van der Waals surface area (Å²) in [6.07, 6.45) is -2.76. The highest BCUT2D eigenvalue weighted by Gasteiger charge is 2.38. The lowest BCUT2D eigenvalue weighted by molar-refractivity contribution is -0.384. The third-order valence-electron chi connectivity index (χ3n) is 2.35. The third-order valence-corrected chi connectivity index (χ3v) is 11.2. The number of nitro groups is 1. The van der Waals surface area contributed by atoms with E-state index in [9.17, 15) is 23.4 Å². The molecule has 0 saturated heterocycles. The lowest BCUT2D eigenvalue weighted by Gasteiger charge is -2.34. The van der Waals surface area contributed by atoms with Crippen molar-refractivity contribution in [2.24, 2.45) is 0 Å². The molecule has 0 aromatic heterocycles. The van der Waals surface area contributed by atoms with Crippen LogP contribution in [0, 0.1) is 10.1 Å². The molecule has 1 aromatic carbocycles. The van der Waals surface area contributed by atoms with E-state index in [-0.39, 0.29) is 16.3 Å². The standard InChI is InChI=1S/C8H10NO5PS2/c1-2-17(13,14,15(12)16)8-5-3-7(4-6-8)9(10)11/h3-6H,2H2,1H3,(H,13,14). The normalized spacial score (nSPS) is 14.8. The number of nitro benzene ring substituents is 1. The van der Waals surface area contributed by atoms with Gasteiger partial charge in [-0.2, -0.15) is 4.21 Å². The van der Waals surface area contributed by atoms with E-state index < -0.39 is 20.1 Å². The highest BCUT2D eigenvalue weighted by molar-refractivity contribution is 8.79. The number of hydrogen-bond donors (Lipinski definition) is 1. The molecule has 0 aliphatic rings. The van der Waals surface area contributed by atoms with Crippen molar-refractivity contribution in [1.82, 2.24) is 0 Å². The quantitative estimate of drug-likeness (QED) is 0.396. The second-order valence-corrected chi connectivity index (χ2v) is 11.8. The van der Waals surface area contributed by atoms with E-state index in [1.807, 2.05) is 0 Å². The zero-order valence-electron chi connectivity index (χ0n) is 8.81. The van der Waals surface area contributed by atoms with Crippen molar-refractivity contribution >= 4 is 33.1 Å². The Morgan fingerprint density at radius 1 is 1.47 bits per heavy atom. The van der Waals surface area contributed by atoms with E-state index in [2.05, 4.69) is 12.2 Å².